The van der Waals surface area contributed by atoms with Crippen molar-refractivity contribution in [1.82, 2.24) is 4.98 Å². The average Bonchev–Trinajstić information content (AvgIpc) is 3.43. The lowest BCUT2D eigenvalue weighted by Gasteiger charge is -2.19. The third-order valence-corrected chi connectivity index (χ3v) is 8.73. The zero-order valence-corrected chi connectivity index (χ0v) is 24.4. The number of oxazole rings is 1. The minimum Gasteiger partial charge on any atom is -0.494 e. The van der Waals surface area contributed by atoms with Crippen LogP contribution in [-0.4, -0.2) is 27.2 Å². The molecule has 0 N–H and O–H groups in total. The number of hydrogen-bond acceptors (Lipinski definition) is 6. The maximum atomic E-state index is 14.3. The lowest BCUT2D eigenvalue weighted by molar-refractivity contribution is -0.139. The number of allylic oxidation sites excluding steroid dienone is 1. The van der Waals surface area contributed by atoms with Gasteiger partial charge in [0.15, 0.2) is 5.58 Å². The highest BCUT2D eigenvalue weighted by atomic mass is 32.2. The number of benzene rings is 4. The molecule has 5 aromatic rings. The molecule has 0 atom stereocenters. The monoisotopic (exact) mass is 644 g/mol. The molecule has 0 aliphatic rings. The van der Waals surface area contributed by atoms with Gasteiger partial charge in [-0.05, 0) is 84.9 Å². The van der Waals surface area contributed by atoms with Gasteiger partial charge in [0.1, 0.15) is 17.0 Å². The summed E-state index contributed by atoms with van der Waals surface area (Å²) in [6, 6.07) is 13.5. The predicted molar refractivity (Wildman–Crippen MR) is 157 cm³/mol. The summed E-state index contributed by atoms with van der Waals surface area (Å²) in [5.41, 5.74) is -3.39. The molecule has 0 unspecified atom stereocenters. The molecule has 13 heteroatoms. The minimum absolute atomic E-state index is 0.0223. The Morgan fingerprint density at radius 1 is 0.844 bits per heavy atom. The Morgan fingerprint density at radius 3 is 2.04 bits per heavy atom. The second kappa shape index (κ2) is 11.2. The van der Waals surface area contributed by atoms with Gasteiger partial charge in [-0.25, -0.2) is 13.4 Å². The van der Waals surface area contributed by atoms with Crippen molar-refractivity contribution in [3.8, 4) is 28.3 Å². The number of halogens is 6. The Bertz CT molecular complexity index is 2100. The molecule has 0 radical (unpaired) electrons. The molecule has 4 aromatic carbocycles. The number of alkyl halides is 6. The van der Waals surface area contributed by atoms with E-state index in [9.17, 15) is 34.8 Å². The Balaban J connectivity index is 1.60. The lowest BCUT2D eigenvalue weighted by atomic mass is 9.91. The van der Waals surface area contributed by atoms with Crippen LogP contribution in [0.15, 0.2) is 98.6 Å². The first-order valence-corrected chi connectivity index (χ1v) is 14.4. The highest BCUT2D eigenvalue weighted by Gasteiger charge is 2.39. The molecule has 0 aliphatic carbocycles. The fourth-order valence-corrected chi connectivity index (χ4v) is 6.02. The van der Waals surface area contributed by atoms with Gasteiger partial charge in [-0.3, -0.25) is 4.99 Å². The first kappa shape index (κ1) is 31.5. The molecule has 5 rings (SSSR count). The SMILES string of the molecule is C=Nc1cc(S(=O)(=O)c2ccc3oc(-c4ccc(-c5ccc(C(=C)C)cc5C(F)(F)F)c(C(F)(F)F)c4)nc3c2)ccc1OC. The van der Waals surface area contributed by atoms with Crippen molar-refractivity contribution in [1.29, 1.82) is 0 Å². The molecule has 1 heterocycles. The van der Waals surface area contributed by atoms with Crippen LogP contribution in [0.25, 0.3) is 39.3 Å². The number of nitrogens with zero attached hydrogens (tertiary/aromatic N) is 2. The van der Waals surface area contributed by atoms with Crippen molar-refractivity contribution in [3.05, 3.63) is 96.1 Å². The Labute approximate surface area is 253 Å². The zero-order chi connectivity index (χ0) is 32.9. The normalized spacial score (nSPS) is 12.4. The summed E-state index contributed by atoms with van der Waals surface area (Å²) in [6.07, 6.45) is -10.00. The van der Waals surface area contributed by atoms with E-state index in [1.165, 1.54) is 56.5 Å². The maximum absolute atomic E-state index is 14.3. The van der Waals surface area contributed by atoms with E-state index in [1.807, 2.05) is 0 Å². The topological polar surface area (TPSA) is 81.8 Å². The van der Waals surface area contributed by atoms with Crippen molar-refractivity contribution in [2.45, 2.75) is 29.1 Å². The van der Waals surface area contributed by atoms with Gasteiger partial charge in [-0.2, -0.15) is 26.3 Å². The van der Waals surface area contributed by atoms with Crippen LogP contribution in [0.1, 0.15) is 23.6 Å². The second-order valence-corrected chi connectivity index (χ2v) is 11.9. The van der Waals surface area contributed by atoms with E-state index < -0.39 is 44.4 Å². The molecule has 0 aliphatic heterocycles. The molecule has 1 aromatic heterocycles. The number of aliphatic imine (C=N–C) groups is 1. The van der Waals surface area contributed by atoms with Crippen LogP contribution < -0.4 is 4.74 Å². The average molecular weight is 645 g/mol. The van der Waals surface area contributed by atoms with Crippen LogP contribution in [0.4, 0.5) is 32.0 Å². The van der Waals surface area contributed by atoms with E-state index in [0.29, 0.717) is 17.4 Å². The highest BCUT2D eigenvalue weighted by Crippen LogP contribution is 2.45. The van der Waals surface area contributed by atoms with Crippen molar-refractivity contribution in [2.75, 3.05) is 7.11 Å². The van der Waals surface area contributed by atoms with Crippen molar-refractivity contribution in [3.63, 3.8) is 0 Å². The van der Waals surface area contributed by atoms with Crippen LogP contribution in [-0.2, 0) is 22.2 Å². The summed E-state index contributed by atoms with van der Waals surface area (Å²) >= 11 is 0. The maximum Gasteiger partial charge on any atom is 0.417 e. The van der Waals surface area contributed by atoms with Crippen molar-refractivity contribution >= 4 is 38.9 Å². The van der Waals surface area contributed by atoms with E-state index in [0.717, 1.165) is 24.3 Å². The number of fused-ring (bicyclic) bond motifs is 1. The van der Waals surface area contributed by atoms with Crippen LogP contribution in [0, 0.1) is 0 Å². The quantitative estimate of drug-likeness (QED) is 0.130. The number of hydrogen-bond donors (Lipinski definition) is 0. The van der Waals surface area contributed by atoms with Gasteiger partial charge >= 0.3 is 12.4 Å². The van der Waals surface area contributed by atoms with E-state index in [1.54, 1.807) is 0 Å². The molecule has 6 nitrogen and oxygen atoms in total. The van der Waals surface area contributed by atoms with Gasteiger partial charge in [0.25, 0.3) is 0 Å². The van der Waals surface area contributed by atoms with E-state index >= 15 is 0 Å². The number of aromatic nitrogens is 1. The van der Waals surface area contributed by atoms with E-state index in [4.69, 9.17) is 9.15 Å². The molecule has 0 amide bonds. The molecule has 0 bridgehead atoms. The van der Waals surface area contributed by atoms with Crippen LogP contribution in [0.3, 0.4) is 0 Å². The van der Waals surface area contributed by atoms with Crippen molar-refractivity contribution < 1.29 is 43.9 Å². The molecule has 45 heavy (non-hydrogen) atoms. The third-order valence-electron chi connectivity index (χ3n) is 6.98. The second-order valence-electron chi connectivity index (χ2n) is 9.94. The summed E-state index contributed by atoms with van der Waals surface area (Å²) in [5.74, 6) is 0.0103. The fraction of sp³-hybridized carbons (Fsp3) is 0.125. The summed E-state index contributed by atoms with van der Waals surface area (Å²) < 4.78 is 122. The minimum atomic E-state index is -5.05. The summed E-state index contributed by atoms with van der Waals surface area (Å²) in [5, 5.41) is 0. The molecular formula is C32H22F6N2O4S. The standard InChI is InChI=1S/C32H22F6N2O4S/c1-17(2)18-5-9-22(24(13-18)31(33,34)35)23-10-6-19(14-25(23)32(36,37)38)30-40-27-16-21(8-12-29(27)44-30)45(41,42)20-7-11-28(43-4)26(15-20)39-3/h5-16H,1,3H2,2,4H3. The predicted octanol–water partition coefficient (Wildman–Crippen LogP) is 9.41. The number of ether oxygens (including phenoxy) is 1. The lowest BCUT2D eigenvalue weighted by Crippen LogP contribution is -2.12. The third kappa shape index (κ3) is 5.95. The number of rotatable bonds is 7. The van der Waals surface area contributed by atoms with Crippen molar-refractivity contribution in [2.24, 2.45) is 4.99 Å². The van der Waals surface area contributed by atoms with Gasteiger partial charge < -0.3 is 9.15 Å². The molecular weight excluding hydrogens is 622 g/mol. The van der Waals surface area contributed by atoms with E-state index in [-0.39, 0.29) is 43.6 Å². The van der Waals surface area contributed by atoms with Crippen LogP contribution in [0.2, 0.25) is 0 Å². The fourth-order valence-electron chi connectivity index (χ4n) is 4.72. The molecule has 0 saturated carbocycles. The van der Waals surface area contributed by atoms with E-state index in [2.05, 4.69) is 23.3 Å². The number of sulfone groups is 1. The molecule has 0 saturated heterocycles. The molecule has 0 spiro atoms. The summed E-state index contributed by atoms with van der Waals surface area (Å²) in [4.78, 5) is 7.66. The van der Waals surface area contributed by atoms with Gasteiger partial charge in [0.05, 0.1) is 28.0 Å². The molecule has 0 fully saturated rings. The smallest absolute Gasteiger partial charge is 0.417 e. The largest absolute Gasteiger partial charge is 0.494 e. The van der Waals surface area contributed by atoms with Crippen LogP contribution in [0.5, 0.6) is 5.75 Å². The highest BCUT2D eigenvalue weighted by molar-refractivity contribution is 7.91. The van der Waals surface area contributed by atoms with Gasteiger partial charge in [-0.1, -0.05) is 30.4 Å². The Morgan fingerprint density at radius 2 is 1.44 bits per heavy atom. The first-order valence-electron chi connectivity index (χ1n) is 12.9. The summed E-state index contributed by atoms with van der Waals surface area (Å²) in [7, 11) is -2.71. The Hall–Kier alpha value is -4.91. The summed E-state index contributed by atoms with van der Waals surface area (Å²) in [6.45, 7) is 8.50. The zero-order valence-electron chi connectivity index (χ0n) is 23.5. The molecule has 232 valence electrons. The van der Waals surface area contributed by atoms with Crippen LogP contribution >= 0.6 is 0 Å². The van der Waals surface area contributed by atoms with Gasteiger partial charge in [0.2, 0.25) is 15.7 Å². The van der Waals surface area contributed by atoms with Gasteiger partial charge in [-0.15, -0.1) is 0 Å². The first-order chi connectivity index (χ1) is 21.0. The Kier molecular flexibility index (Phi) is 7.86. The number of methoxy groups -OCH3 is 1. The van der Waals surface area contributed by atoms with Gasteiger partial charge in [0, 0.05) is 5.56 Å².